The van der Waals surface area contributed by atoms with Gasteiger partial charge in [-0.3, -0.25) is 4.79 Å². The summed E-state index contributed by atoms with van der Waals surface area (Å²) in [5, 5.41) is 3.81. The van der Waals surface area contributed by atoms with Gasteiger partial charge >= 0.3 is 0 Å². The molecule has 1 aromatic heterocycles. The van der Waals surface area contributed by atoms with E-state index in [4.69, 9.17) is 0 Å². The van der Waals surface area contributed by atoms with Crippen molar-refractivity contribution < 1.29 is 0 Å². The first-order valence-corrected chi connectivity index (χ1v) is 5.22. The van der Waals surface area contributed by atoms with Crippen LogP contribution in [0.1, 0.15) is 12.5 Å². The molecule has 0 aliphatic rings. The maximum Gasteiger partial charge on any atom is 0.272 e. The van der Waals surface area contributed by atoms with Crippen molar-refractivity contribution in [2.45, 2.75) is 18.9 Å². The number of aromatic amines is 1. The summed E-state index contributed by atoms with van der Waals surface area (Å²) in [6, 6.07) is 1.99. The SMILES string of the molecule is CCSc1cc(C)c(NC)c(=O)[nH]1. The number of hydrogen-bond acceptors (Lipinski definition) is 3. The van der Waals surface area contributed by atoms with E-state index in [1.807, 2.05) is 13.0 Å². The fourth-order valence-electron chi connectivity index (χ4n) is 1.20. The fraction of sp³-hybridized carbons (Fsp3) is 0.444. The number of hydrogen-bond donors (Lipinski definition) is 2. The first kappa shape index (κ1) is 10.2. The van der Waals surface area contributed by atoms with Crippen LogP contribution in [0.15, 0.2) is 15.9 Å². The molecule has 0 spiro atoms. The first-order valence-electron chi connectivity index (χ1n) is 4.23. The summed E-state index contributed by atoms with van der Waals surface area (Å²) in [5.74, 6) is 0.967. The quantitative estimate of drug-likeness (QED) is 0.728. The van der Waals surface area contributed by atoms with Crippen molar-refractivity contribution in [3.8, 4) is 0 Å². The van der Waals surface area contributed by atoms with Crippen LogP contribution in [0.5, 0.6) is 0 Å². The third-order valence-corrected chi connectivity index (χ3v) is 2.58. The van der Waals surface area contributed by atoms with Crippen LogP contribution in [-0.4, -0.2) is 17.8 Å². The van der Waals surface area contributed by atoms with Crippen LogP contribution in [0.2, 0.25) is 0 Å². The summed E-state index contributed by atoms with van der Waals surface area (Å²) in [7, 11) is 1.75. The normalized spacial score (nSPS) is 10.1. The molecule has 0 aromatic carbocycles. The molecule has 1 aromatic rings. The molecule has 3 nitrogen and oxygen atoms in total. The molecule has 0 saturated carbocycles. The lowest BCUT2D eigenvalue weighted by molar-refractivity contribution is 1.06. The highest BCUT2D eigenvalue weighted by Gasteiger charge is 2.03. The molecule has 0 bridgehead atoms. The van der Waals surface area contributed by atoms with E-state index in [0.29, 0.717) is 5.69 Å². The molecular weight excluding hydrogens is 184 g/mol. The zero-order valence-corrected chi connectivity index (χ0v) is 8.92. The van der Waals surface area contributed by atoms with Crippen molar-refractivity contribution in [3.63, 3.8) is 0 Å². The Bertz CT molecular complexity index is 346. The summed E-state index contributed by atoms with van der Waals surface area (Å²) >= 11 is 1.64. The molecule has 1 rings (SSSR count). The van der Waals surface area contributed by atoms with E-state index >= 15 is 0 Å². The predicted molar refractivity (Wildman–Crippen MR) is 57.7 cm³/mol. The highest BCUT2D eigenvalue weighted by Crippen LogP contribution is 2.17. The van der Waals surface area contributed by atoms with Crippen molar-refractivity contribution in [3.05, 3.63) is 22.0 Å². The minimum Gasteiger partial charge on any atom is -0.383 e. The monoisotopic (exact) mass is 198 g/mol. The molecular formula is C9H14N2OS. The van der Waals surface area contributed by atoms with Crippen LogP contribution in [0.3, 0.4) is 0 Å². The predicted octanol–water partition coefficient (Wildman–Crippen LogP) is 1.84. The number of pyridine rings is 1. The molecule has 0 amide bonds. The van der Waals surface area contributed by atoms with E-state index in [1.165, 1.54) is 0 Å². The maximum absolute atomic E-state index is 11.4. The molecule has 0 fully saturated rings. The van der Waals surface area contributed by atoms with E-state index in [2.05, 4.69) is 17.2 Å². The third kappa shape index (κ3) is 2.28. The maximum atomic E-state index is 11.4. The third-order valence-electron chi connectivity index (χ3n) is 1.76. The Hall–Kier alpha value is -0.900. The van der Waals surface area contributed by atoms with Crippen molar-refractivity contribution in [1.29, 1.82) is 0 Å². The highest BCUT2D eigenvalue weighted by atomic mass is 32.2. The summed E-state index contributed by atoms with van der Waals surface area (Å²) in [6.07, 6.45) is 0. The van der Waals surface area contributed by atoms with Gasteiger partial charge in [-0.1, -0.05) is 6.92 Å². The Balaban J connectivity index is 3.13. The van der Waals surface area contributed by atoms with Crippen LogP contribution in [0.25, 0.3) is 0 Å². The number of thioether (sulfide) groups is 1. The molecule has 0 aliphatic heterocycles. The number of aromatic nitrogens is 1. The topological polar surface area (TPSA) is 44.9 Å². The van der Waals surface area contributed by atoms with E-state index in [9.17, 15) is 4.79 Å². The second-order valence-electron chi connectivity index (χ2n) is 2.70. The van der Waals surface area contributed by atoms with E-state index in [1.54, 1.807) is 18.8 Å². The van der Waals surface area contributed by atoms with Crippen molar-refractivity contribution in [1.82, 2.24) is 4.98 Å². The Morgan fingerprint density at radius 1 is 1.62 bits per heavy atom. The van der Waals surface area contributed by atoms with Gasteiger partial charge in [0.05, 0.1) is 5.03 Å². The van der Waals surface area contributed by atoms with Crippen LogP contribution in [0, 0.1) is 6.92 Å². The summed E-state index contributed by atoms with van der Waals surface area (Å²) in [4.78, 5) is 14.2. The number of rotatable bonds is 3. The molecule has 0 radical (unpaired) electrons. The van der Waals surface area contributed by atoms with Gasteiger partial charge in [-0.2, -0.15) is 0 Å². The lowest BCUT2D eigenvalue weighted by Gasteiger charge is -2.05. The molecule has 4 heteroatoms. The van der Waals surface area contributed by atoms with Crippen LogP contribution < -0.4 is 10.9 Å². The van der Waals surface area contributed by atoms with Gasteiger partial charge in [0.15, 0.2) is 0 Å². The number of anilines is 1. The average Bonchev–Trinajstić information content (AvgIpc) is 2.04. The molecule has 0 atom stereocenters. The first-order chi connectivity index (χ1) is 6.19. The average molecular weight is 198 g/mol. The van der Waals surface area contributed by atoms with Crippen molar-refractivity contribution >= 4 is 17.4 Å². The second kappa shape index (κ2) is 4.37. The molecule has 2 N–H and O–H groups in total. The van der Waals surface area contributed by atoms with E-state index in [0.717, 1.165) is 16.3 Å². The molecule has 0 unspecified atom stereocenters. The Morgan fingerprint density at radius 2 is 2.31 bits per heavy atom. The molecule has 13 heavy (non-hydrogen) atoms. The summed E-state index contributed by atoms with van der Waals surface area (Å²) in [6.45, 7) is 3.99. The van der Waals surface area contributed by atoms with Gasteiger partial charge in [0, 0.05) is 7.05 Å². The van der Waals surface area contributed by atoms with Crippen molar-refractivity contribution in [2.75, 3.05) is 18.1 Å². The molecule has 0 aliphatic carbocycles. The number of aryl methyl sites for hydroxylation is 1. The minimum absolute atomic E-state index is 0.0431. The highest BCUT2D eigenvalue weighted by molar-refractivity contribution is 7.99. The van der Waals surface area contributed by atoms with Gasteiger partial charge in [0.25, 0.3) is 5.56 Å². The van der Waals surface area contributed by atoms with Gasteiger partial charge in [0.1, 0.15) is 5.69 Å². The van der Waals surface area contributed by atoms with Gasteiger partial charge in [0.2, 0.25) is 0 Å². The second-order valence-corrected chi connectivity index (χ2v) is 4.01. The van der Waals surface area contributed by atoms with E-state index < -0.39 is 0 Å². The van der Waals surface area contributed by atoms with Gasteiger partial charge in [-0.25, -0.2) is 0 Å². The zero-order chi connectivity index (χ0) is 9.84. The smallest absolute Gasteiger partial charge is 0.272 e. The van der Waals surface area contributed by atoms with Gasteiger partial charge in [-0.15, -0.1) is 11.8 Å². The summed E-state index contributed by atoms with van der Waals surface area (Å²) in [5.41, 5.74) is 1.60. The largest absolute Gasteiger partial charge is 0.383 e. The summed E-state index contributed by atoms with van der Waals surface area (Å²) < 4.78 is 0. The minimum atomic E-state index is -0.0431. The Morgan fingerprint density at radius 3 is 2.77 bits per heavy atom. The number of nitrogens with one attached hydrogen (secondary N) is 2. The van der Waals surface area contributed by atoms with Crippen LogP contribution >= 0.6 is 11.8 Å². The van der Waals surface area contributed by atoms with Gasteiger partial charge < -0.3 is 10.3 Å². The lowest BCUT2D eigenvalue weighted by atomic mass is 10.2. The van der Waals surface area contributed by atoms with Crippen molar-refractivity contribution in [2.24, 2.45) is 0 Å². The molecule has 0 saturated heterocycles. The number of H-pyrrole nitrogens is 1. The van der Waals surface area contributed by atoms with Crippen LogP contribution in [-0.2, 0) is 0 Å². The Labute approximate surface area is 81.9 Å². The van der Waals surface area contributed by atoms with E-state index in [-0.39, 0.29) is 5.56 Å². The molecule has 72 valence electrons. The Kier molecular flexibility index (Phi) is 3.42. The lowest BCUT2D eigenvalue weighted by Crippen LogP contribution is -2.13. The standard InChI is InChI=1S/C9H14N2OS/c1-4-13-7-5-6(2)8(10-3)9(12)11-7/h5,10H,4H2,1-3H3,(H,11,12). The molecule has 1 heterocycles. The zero-order valence-electron chi connectivity index (χ0n) is 8.10. The fourth-order valence-corrected chi connectivity index (χ4v) is 1.94. The van der Waals surface area contributed by atoms with Gasteiger partial charge in [-0.05, 0) is 24.3 Å². The van der Waals surface area contributed by atoms with Crippen LogP contribution in [0.4, 0.5) is 5.69 Å².